The molecule has 1 saturated carbocycles. The molecule has 1 amide bonds. The highest BCUT2D eigenvalue weighted by Gasteiger charge is 2.37. The van der Waals surface area contributed by atoms with Gasteiger partial charge in [-0.05, 0) is 66.6 Å². The summed E-state index contributed by atoms with van der Waals surface area (Å²) in [4.78, 5) is 27.1. The molecule has 0 bridgehead atoms. The Morgan fingerprint density at radius 1 is 1.12 bits per heavy atom. The van der Waals surface area contributed by atoms with Crippen LogP contribution in [0, 0.1) is 17.7 Å². The SMILES string of the molecule is Cn1nc(-c2ccc(-c3ccc4occc4c3)cc2F)n(C[C@@H]2CCN(C(=O)C3CC3)C2)c1=O. The molecule has 0 N–H and O–H groups in total. The van der Waals surface area contributed by atoms with Gasteiger partial charge in [0, 0.05) is 38.0 Å². The maximum absolute atomic E-state index is 15.3. The predicted molar refractivity (Wildman–Crippen MR) is 125 cm³/mol. The molecule has 1 saturated heterocycles. The van der Waals surface area contributed by atoms with E-state index in [-0.39, 0.29) is 29.0 Å². The van der Waals surface area contributed by atoms with Crippen molar-refractivity contribution in [2.24, 2.45) is 18.9 Å². The average molecular weight is 461 g/mol. The molecule has 2 aromatic heterocycles. The average Bonchev–Trinajstić information content (AvgIpc) is 3.28. The lowest BCUT2D eigenvalue weighted by molar-refractivity contribution is -0.131. The molecule has 8 heteroatoms. The van der Waals surface area contributed by atoms with Crippen LogP contribution in [0.15, 0.2) is 57.9 Å². The van der Waals surface area contributed by atoms with Crippen LogP contribution < -0.4 is 5.69 Å². The van der Waals surface area contributed by atoms with Gasteiger partial charge >= 0.3 is 5.69 Å². The minimum absolute atomic E-state index is 0.146. The monoisotopic (exact) mass is 460 g/mol. The first-order valence-corrected chi connectivity index (χ1v) is 11.7. The number of rotatable bonds is 5. The highest BCUT2D eigenvalue weighted by atomic mass is 19.1. The van der Waals surface area contributed by atoms with Gasteiger partial charge in [-0.25, -0.2) is 13.9 Å². The van der Waals surface area contributed by atoms with Gasteiger partial charge in [-0.1, -0.05) is 12.1 Å². The van der Waals surface area contributed by atoms with Crippen molar-refractivity contribution < 1.29 is 13.6 Å². The van der Waals surface area contributed by atoms with E-state index in [1.54, 1.807) is 23.9 Å². The van der Waals surface area contributed by atoms with Gasteiger partial charge in [-0.2, -0.15) is 0 Å². The molecule has 0 radical (unpaired) electrons. The third-order valence-corrected chi connectivity index (χ3v) is 6.97. The molecular weight excluding hydrogens is 435 g/mol. The third-order valence-electron chi connectivity index (χ3n) is 6.97. The van der Waals surface area contributed by atoms with Crippen molar-refractivity contribution in [2.75, 3.05) is 13.1 Å². The number of furan rings is 1. The smallest absolute Gasteiger partial charge is 0.345 e. The second-order valence-corrected chi connectivity index (χ2v) is 9.42. The van der Waals surface area contributed by atoms with Gasteiger partial charge in [0.2, 0.25) is 5.91 Å². The molecule has 6 rings (SSSR count). The van der Waals surface area contributed by atoms with E-state index in [0.29, 0.717) is 25.5 Å². The van der Waals surface area contributed by atoms with E-state index in [4.69, 9.17) is 4.42 Å². The molecule has 174 valence electrons. The topological polar surface area (TPSA) is 73.3 Å². The van der Waals surface area contributed by atoms with E-state index in [9.17, 15) is 9.59 Å². The summed E-state index contributed by atoms with van der Waals surface area (Å²) in [5, 5.41) is 5.30. The zero-order valence-corrected chi connectivity index (χ0v) is 18.9. The number of nitrogens with zero attached hydrogens (tertiary/aromatic N) is 4. The van der Waals surface area contributed by atoms with E-state index in [1.807, 2.05) is 35.2 Å². The lowest BCUT2D eigenvalue weighted by Crippen LogP contribution is -2.31. The first kappa shape index (κ1) is 20.9. The summed E-state index contributed by atoms with van der Waals surface area (Å²) in [5.74, 6) is 0.448. The summed E-state index contributed by atoms with van der Waals surface area (Å²) in [6.45, 7) is 1.76. The zero-order chi connectivity index (χ0) is 23.4. The van der Waals surface area contributed by atoms with Gasteiger partial charge in [0.05, 0.1) is 11.8 Å². The Kier molecular flexibility index (Phi) is 4.90. The molecule has 1 atom stereocenters. The lowest BCUT2D eigenvalue weighted by Gasteiger charge is -2.16. The normalized spacial score (nSPS) is 18.2. The number of halogens is 1. The number of hydrogen-bond acceptors (Lipinski definition) is 4. The van der Waals surface area contributed by atoms with Gasteiger partial charge in [0.25, 0.3) is 0 Å². The second kappa shape index (κ2) is 7.97. The van der Waals surface area contributed by atoms with Crippen molar-refractivity contribution >= 4 is 16.9 Å². The lowest BCUT2D eigenvalue weighted by atomic mass is 10.0. The van der Waals surface area contributed by atoms with Gasteiger partial charge in [-0.3, -0.25) is 9.36 Å². The Hall–Kier alpha value is -3.68. The fourth-order valence-electron chi connectivity index (χ4n) is 4.92. The first-order valence-electron chi connectivity index (χ1n) is 11.7. The quantitative estimate of drug-likeness (QED) is 0.450. The Labute approximate surface area is 195 Å². The molecule has 0 unspecified atom stereocenters. The molecule has 2 fully saturated rings. The summed E-state index contributed by atoms with van der Waals surface area (Å²) in [6.07, 6.45) is 4.43. The Morgan fingerprint density at radius 3 is 2.71 bits per heavy atom. The van der Waals surface area contributed by atoms with Crippen molar-refractivity contribution in [3.05, 3.63) is 65.0 Å². The van der Waals surface area contributed by atoms with E-state index < -0.39 is 5.82 Å². The molecule has 7 nitrogen and oxygen atoms in total. The number of hydrogen-bond donors (Lipinski definition) is 0. The summed E-state index contributed by atoms with van der Waals surface area (Å²) >= 11 is 0. The summed E-state index contributed by atoms with van der Waals surface area (Å²) < 4.78 is 23.5. The number of likely N-dealkylation sites (tertiary alicyclic amines) is 1. The van der Waals surface area contributed by atoms with Crippen LogP contribution in [-0.4, -0.2) is 38.2 Å². The standard InChI is InChI=1S/C26H25FN4O3/c1-29-26(33)31(15-16-8-10-30(14-16)25(32)17-2-3-17)24(28-29)21-6-4-19(13-22(21)27)18-5-7-23-20(12-18)9-11-34-23/h4-7,9,11-13,16-17H,2-3,8,10,14-15H2,1H3/t16-/m1/s1. The number of aromatic nitrogens is 3. The summed E-state index contributed by atoms with van der Waals surface area (Å²) in [7, 11) is 1.58. The first-order chi connectivity index (χ1) is 16.5. The van der Waals surface area contributed by atoms with Crippen LogP contribution in [0.5, 0.6) is 0 Å². The highest BCUT2D eigenvalue weighted by Crippen LogP contribution is 2.34. The molecule has 1 aliphatic carbocycles. The van der Waals surface area contributed by atoms with Crippen LogP contribution in [0.4, 0.5) is 4.39 Å². The fourth-order valence-corrected chi connectivity index (χ4v) is 4.92. The van der Waals surface area contributed by atoms with Crippen molar-refractivity contribution in [1.82, 2.24) is 19.2 Å². The maximum atomic E-state index is 15.3. The van der Waals surface area contributed by atoms with Crippen molar-refractivity contribution in [1.29, 1.82) is 0 Å². The van der Waals surface area contributed by atoms with Crippen molar-refractivity contribution in [3.8, 4) is 22.5 Å². The van der Waals surface area contributed by atoms with Crippen LogP contribution in [-0.2, 0) is 18.4 Å². The van der Waals surface area contributed by atoms with E-state index in [1.165, 1.54) is 10.7 Å². The van der Waals surface area contributed by atoms with Crippen LogP contribution in [0.3, 0.4) is 0 Å². The Bertz CT molecular complexity index is 1460. The molecule has 4 aromatic rings. The highest BCUT2D eigenvalue weighted by molar-refractivity contribution is 5.84. The van der Waals surface area contributed by atoms with Crippen molar-refractivity contribution in [3.63, 3.8) is 0 Å². The van der Waals surface area contributed by atoms with Crippen LogP contribution in [0.1, 0.15) is 19.3 Å². The van der Waals surface area contributed by atoms with Gasteiger partial charge in [-0.15, -0.1) is 5.10 Å². The number of amides is 1. The van der Waals surface area contributed by atoms with E-state index in [2.05, 4.69) is 5.10 Å². The van der Waals surface area contributed by atoms with Crippen LogP contribution in [0.25, 0.3) is 33.5 Å². The molecule has 0 spiro atoms. The molecule has 3 heterocycles. The zero-order valence-electron chi connectivity index (χ0n) is 18.9. The Morgan fingerprint density at radius 2 is 1.91 bits per heavy atom. The Balaban J connectivity index is 1.28. The summed E-state index contributed by atoms with van der Waals surface area (Å²) in [5.41, 5.74) is 2.40. The number of carbonyl (C=O) groups is 1. The van der Waals surface area contributed by atoms with Gasteiger partial charge < -0.3 is 9.32 Å². The second-order valence-electron chi connectivity index (χ2n) is 9.42. The minimum Gasteiger partial charge on any atom is -0.464 e. The molecule has 2 aliphatic rings. The van der Waals surface area contributed by atoms with Crippen molar-refractivity contribution in [2.45, 2.75) is 25.8 Å². The van der Waals surface area contributed by atoms with Gasteiger partial charge in [0.1, 0.15) is 11.4 Å². The molecule has 2 aromatic carbocycles. The molecule has 34 heavy (non-hydrogen) atoms. The van der Waals surface area contributed by atoms with Crippen LogP contribution in [0.2, 0.25) is 0 Å². The third kappa shape index (κ3) is 3.63. The van der Waals surface area contributed by atoms with E-state index in [0.717, 1.165) is 41.4 Å². The van der Waals surface area contributed by atoms with Gasteiger partial charge in [0.15, 0.2) is 5.82 Å². The number of benzene rings is 2. The predicted octanol–water partition coefficient (Wildman–Crippen LogP) is 4.06. The minimum atomic E-state index is -0.436. The van der Waals surface area contributed by atoms with E-state index >= 15 is 4.39 Å². The number of carbonyl (C=O) groups excluding carboxylic acids is 1. The largest absolute Gasteiger partial charge is 0.464 e. The molecular formula is C26H25FN4O3. The maximum Gasteiger partial charge on any atom is 0.345 e. The molecule has 1 aliphatic heterocycles. The van der Waals surface area contributed by atoms with Crippen LogP contribution >= 0.6 is 0 Å². The number of aryl methyl sites for hydroxylation is 1. The summed E-state index contributed by atoms with van der Waals surface area (Å²) in [6, 6.07) is 12.6. The fraction of sp³-hybridized carbons (Fsp3) is 0.346. The number of fused-ring (bicyclic) bond motifs is 1.